The molecule has 1 unspecified atom stereocenters. The Kier molecular flexibility index (Phi) is 5.06. The minimum absolute atomic E-state index is 0.216. The highest BCUT2D eigenvalue weighted by Gasteiger charge is 2.30. The molecule has 2 rings (SSSR count). The summed E-state index contributed by atoms with van der Waals surface area (Å²) in [6.45, 7) is 1.68. The summed E-state index contributed by atoms with van der Waals surface area (Å²) in [4.78, 5) is 1.31. The molecular weight excluding hydrogens is 295 g/mol. The first-order valence-corrected chi connectivity index (χ1v) is 7.71. The van der Waals surface area contributed by atoms with Gasteiger partial charge >= 0.3 is 6.18 Å². The molecule has 2 aromatic rings. The third kappa shape index (κ3) is 4.32. The fourth-order valence-corrected chi connectivity index (χ4v) is 3.13. The standard InChI is InChI=1S/C16H18F3NS/c1-11-10-12(16(17,18)19)7-8-14(11)15(20)6-2-4-13-5-3-9-21-13/h3,5,7-10,15H,2,4,6,20H2,1H3. The summed E-state index contributed by atoms with van der Waals surface area (Å²) in [6, 6.07) is 7.68. The largest absolute Gasteiger partial charge is 0.416 e. The van der Waals surface area contributed by atoms with Crippen LogP contribution in [0.4, 0.5) is 13.2 Å². The van der Waals surface area contributed by atoms with Crippen LogP contribution in [0.1, 0.15) is 40.5 Å². The average molecular weight is 313 g/mol. The number of halogens is 3. The van der Waals surface area contributed by atoms with E-state index in [0.717, 1.165) is 30.9 Å². The van der Waals surface area contributed by atoms with Crippen molar-refractivity contribution in [3.8, 4) is 0 Å². The molecule has 21 heavy (non-hydrogen) atoms. The van der Waals surface area contributed by atoms with E-state index in [1.165, 1.54) is 17.0 Å². The van der Waals surface area contributed by atoms with E-state index in [9.17, 15) is 13.2 Å². The maximum absolute atomic E-state index is 12.6. The van der Waals surface area contributed by atoms with Gasteiger partial charge < -0.3 is 5.73 Å². The van der Waals surface area contributed by atoms with Crippen LogP contribution in [0.25, 0.3) is 0 Å². The van der Waals surface area contributed by atoms with Crippen molar-refractivity contribution in [2.75, 3.05) is 0 Å². The van der Waals surface area contributed by atoms with Crippen LogP contribution in [0.5, 0.6) is 0 Å². The topological polar surface area (TPSA) is 26.0 Å². The van der Waals surface area contributed by atoms with Crippen molar-refractivity contribution < 1.29 is 13.2 Å². The summed E-state index contributed by atoms with van der Waals surface area (Å²) < 4.78 is 37.9. The van der Waals surface area contributed by atoms with Gasteiger partial charge in [-0.2, -0.15) is 13.2 Å². The number of benzene rings is 1. The first kappa shape index (κ1) is 16.0. The average Bonchev–Trinajstić information content (AvgIpc) is 2.90. The van der Waals surface area contributed by atoms with Gasteiger partial charge in [0.1, 0.15) is 0 Å². The fraction of sp³-hybridized carbons (Fsp3) is 0.375. The van der Waals surface area contributed by atoms with Crippen molar-refractivity contribution in [1.82, 2.24) is 0 Å². The fourth-order valence-electron chi connectivity index (χ4n) is 2.37. The predicted molar refractivity (Wildman–Crippen MR) is 80.4 cm³/mol. The lowest BCUT2D eigenvalue weighted by Gasteiger charge is -2.16. The van der Waals surface area contributed by atoms with E-state index in [1.54, 1.807) is 18.3 Å². The van der Waals surface area contributed by atoms with Crippen molar-refractivity contribution in [3.05, 3.63) is 57.3 Å². The predicted octanol–water partition coefficient (Wildman–Crippen LogP) is 5.10. The second-order valence-electron chi connectivity index (χ2n) is 5.15. The number of alkyl halides is 3. The summed E-state index contributed by atoms with van der Waals surface area (Å²) in [5.41, 5.74) is 6.91. The summed E-state index contributed by atoms with van der Waals surface area (Å²) in [5, 5.41) is 2.04. The van der Waals surface area contributed by atoms with E-state index in [0.29, 0.717) is 5.56 Å². The van der Waals surface area contributed by atoms with Crippen molar-refractivity contribution >= 4 is 11.3 Å². The summed E-state index contributed by atoms with van der Waals surface area (Å²) >= 11 is 1.71. The van der Waals surface area contributed by atoms with Crippen LogP contribution in [0.2, 0.25) is 0 Å². The smallest absolute Gasteiger partial charge is 0.324 e. The Hall–Kier alpha value is -1.33. The van der Waals surface area contributed by atoms with Crippen LogP contribution in [0.3, 0.4) is 0 Å². The molecule has 0 aliphatic heterocycles. The lowest BCUT2D eigenvalue weighted by atomic mass is 9.95. The second kappa shape index (κ2) is 6.62. The van der Waals surface area contributed by atoms with Crippen LogP contribution in [0, 0.1) is 6.92 Å². The van der Waals surface area contributed by atoms with Crippen LogP contribution < -0.4 is 5.73 Å². The van der Waals surface area contributed by atoms with Crippen LogP contribution in [-0.2, 0) is 12.6 Å². The Balaban J connectivity index is 1.97. The normalized spacial score (nSPS) is 13.4. The van der Waals surface area contributed by atoms with Gasteiger partial charge in [-0.3, -0.25) is 0 Å². The van der Waals surface area contributed by atoms with Gasteiger partial charge in [-0.15, -0.1) is 11.3 Å². The highest BCUT2D eigenvalue weighted by molar-refractivity contribution is 7.09. The van der Waals surface area contributed by atoms with Gasteiger partial charge in [-0.25, -0.2) is 0 Å². The highest BCUT2D eigenvalue weighted by atomic mass is 32.1. The van der Waals surface area contributed by atoms with Crippen molar-refractivity contribution in [3.63, 3.8) is 0 Å². The quantitative estimate of drug-likeness (QED) is 0.816. The monoisotopic (exact) mass is 313 g/mol. The van der Waals surface area contributed by atoms with E-state index in [4.69, 9.17) is 5.73 Å². The number of nitrogens with two attached hydrogens (primary N) is 1. The minimum Gasteiger partial charge on any atom is -0.324 e. The maximum atomic E-state index is 12.6. The van der Waals surface area contributed by atoms with Gasteiger partial charge in [0.2, 0.25) is 0 Å². The Labute approximate surface area is 126 Å². The molecule has 5 heteroatoms. The zero-order valence-corrected chi connectivity index (χ0v) is 12.6. The van der Waals surface area contributed by atoms with Gasteiger partial charge in [-0.05, 0) is 60.9 Å². The van der Waals surface area contributed by atoms with Crippen LogP contribution >= 0.6 is 11.3 Å². The molecule has 1 heterocycles. The first-order chi connectivity index (χ1) is 9.88. The molecule has 1 aromatic heterocycles. The van der Waals surface area contributed by atoms with Gasteiger partial charge in [-0.1, -0.05) is 12.1 Å². The Morgan fingerprint density at radius 2 is 2.00 bits per heavy atom. The number of rotatable bonds is 5. The lowest BCUT2D eigenvalue weighted by Crippen LogP contribution is -2.13. The summed E-state index contributed by atoms with van der Waals surface area (Å²) in [5.74, 6) is 0. The van der Waals surface area contributed by atoms with Gasteiger partial charge in [0.05, 0.1) is 5.56 Å². The molecule has 0 saturated heterocycles. The lowest BCUT2D eigenvalue weighted by molar-refractivity contribution is -0.137. The molecule has 0 aliphatic rings. The van der Waals surface area contributed by atoms with Gasteiger partial charge in [0, 0.05) is 10.9 Å². The van der Waals surface area contributed by atoms with E-state index in [-0.39, 0.29) is 6.04 Å². The van der Waals surface area contributed by atoms with Crippen LogP contribution in [0.15, 0.2) is 35.7 Å². The molecule has 0 spiro atoms. The zero-order chi connectivity index (χ0) is 15.5. The third-order valence-corrected chi connectivity index (χ3v) is 4.45. The number of hydrogen-bond acceptors (Lipinski definition) is 2. The Morgan fingerprint density at radius 1 is 1.24 bits per heavy atom. The first-order valence-electron chi connectivity index (χ1n) is 6.83. The minimum atomic E-state index is -4.30. The Bertz CT molecular complexity index is 576. The van der Waals surface area contributed by atoms with Crippen LogP contribution in [-0.4, -0.2) is 0 Å². The van der Waals surface area contributed by atoms with Crippen molar-refractivity contribution in [1.29, 1.82) is 0 Å². The molecule has 1 atom stereocenters. The summed E-state index contributed by atoms with van der Waals surface area (Å²) in [7, 11) is 0. The molecule has 2 N–H and O–H groups in total. The third-order valence-electron chi connectivity index (χ3n) is 3.52. The van der Waals surface area contributed by atoms with Crippen molar-refractivity contribution in [2.24, 2.45) is 5.73 Å². The molecule has 1 nitrogen and oxygen atoms in total. The van der Waals surface area contributed by atoms with Gasteiger partial charge in [0.15, 0.2) is 0 Å². The molecule has 0 fully saturated rings. The molecule has 0 aliphatic carbocycles. The molecular formula is C16H18F3NS. The van der Waals surface area contributed by atoms with E-state index < -0.39 is 11.7 Å². The molecule has 0 amide bonds. The number of hydrogen-bond donors (Lipinski definition) is 1. The molecule has 0 saturated carbocycles. The van der Waals surface area contributed by atoms with E-state index in [2.05, 4.69) is 6.07 Å². The van der Waals surface area contributed by atoms with E-state index in [1.807, 2.05) is 11.4 Å². The molecule has 114 valence electrons. The zero-order valence-electron chi connectivity index (χ0n) is 11.8. The Morgan fingerprint density at radius 3 is 2.57 bits per heavy atom. The highest BCUT2D eigenvalue weighted by Crippen LogP contribution is 2.32. The summed E-state index contributed by atoms with van der Waals surface area (Å²) in [6.07, 6.45) is -1.64. The van der Waals surface area contributed by atoms with Crippen molar-refractivity contribution in [2.45, 2.75) is 38.4 Å². The molecule has 0 radical (unpaired) electrons. The number of thiophene rings is 1. The molecule has 1 aromatic carbocycles. The molecule has 0 bridgehead atoms. The van der Waals surface area contributed by atoms with E-state index >= 15 is 0 Å². The maximum Gasteiger partial charge on any atom is 0.416 e. The SMILES string of the molecule is Cc1cc(C(F)(F)F)ccc1C(N)CCCc1cccs1. The second-order valence-corrected chi connectivity index (χ2v) is 6.18. The van der Waals surface area contributed by atoms with Gasteiger partial charge in [0.25, 0.3) is 0 Å². The number of aryl methyl sites for hydroxylation is 2.